The van der Waals surface area contributed by atoms with Gasteiger partial charge in [-0.05, 0) is 43.3 Å². The van der Waals surface area contributed by atoms with Crippen molar-refractivity contribution in [1.29, 1.82) is 0 Å². The lowest BCUT2D eigenvalue weighted by molar-refractivity contribution is -0.596. The summed E-state index contributed by atoms with van der Waals surface area (Å²) in [6.07, 6.45) is 1.80. The summed E-state index contributed by atoms with van der Waals surface area (Å²) >= 11 is 6.08. The number of halogens is 1. The zero-order chi connectivity index (χ0) is 22.7. The van der Waals surface area contributed by atoms with Crippen LogP contribution in [0.2, 0.25) is 5.02 Å². The van der Waals surface area contributed by atoms with Crippen molar-refractivity contribution in [1.82, 2.24) is 10.7 Å². The van der Waals surface area contributed by atoms with Gasteiger partial charge in [-0.2, -0.15) is 0 Å². The molecule has 0 saturated carbocycles. The van der Waals surface area contributed by atoms with Crippen molar-refractivity contribution in [2.75, 3.05) is 7.11 Å². The molecule has 0 radical (unpaired) electrons. The number of methoxy groups -OCH3 is 1. The Bertz CT molecular complexity index is 1170. The molecule has 162 valence electrons. The molecule has 3 aromatic rings. The van der Waals surface area contributed by atoms with Crippen LogP contribution in [0, 0.1) is 6.92 Å². The van der Waals surface area contributed by atoms with Gasteiger partial charge in [0.1, 0.15) is 5.75 Å². The fourth-order valence-corrected chi connectivity index (χ4v) is 3.82. The second-order valence-electron chi connectivity index (χ2n) is 7.57. The number of hydrazine groups is 1. The van der Waals surface area contributed by atoms with Gasteiger partial charge in [0.25, 0.3) is 5.91 Å². The minimum Gasteiger partial charge on any atom is -0.496 e. The van der Waals surface area contributed by atoms with E-state index in [1.54, 1.807) is 42.3 Å². The molecule has 0 aliphatic carbocycles. The number of hydrogen-bond donors (Lipinski definition) is 2. The molecule has 1 aliphatic heterocycles. The largest absolute Gasteiger partial charge is 0.496 e. The van der Waals surface area contributed by atoms with Crippen molar-refractivity contribution in [2.24, 2.45) is 0 Å². The number of amides is 2. The number of aryl methyl sites for hydroxylation is 1. The highest BCUT2D eigenvalue weighted by molar-refractivity contribution is 6.30. The van der Waals surface area contributed by atoms with E-state index >= 15 is 0 Å². The summed E-state index contributed by atoms with van der Waals surface area (Å²) in [6, 6.07) is 20.6. The standard InChI is InChI=1S/C25H22ClN3O3/c1-16-7-9-18(10-8-16)24(30)27-22-23(17-11-13-20(26)14-12-17)29(28-25(22)31)15-19-5-3-4-6-21(19)32-2/h3-15,22-23H,1-2H3,(H-,27,28,30,31)/p+1/b29-15-/t22-,23-/m1/s1. The fourth-order valence-electron chi connectivity index (χ4n) is 3.69. The van der Waals surface area contributed by atoms with Crippen LogP contribution in [0.4, 0.5) is 0 Å². The number of carbonyl (C=O) groups excluding carboxylic acids is 2. The topological polar surface area (TPSA) is 70.4 Å². The third kappa shape index (κ3) is 4.50. The van der Waals surface area contributed by atoms with Gasteiger partial charge in [0.05, 0.1) is 12.7 Å². The quantitative estimate of drug-likeness (QED) is 0.585. The van der Waals surface area contributed by atoms with Gasteiger partial charge >= 0.3 is 5.91 Å². The summed E-state index contributed by atoms with van der Waals surface area (Å²) in [5.74, 6) is 0.0450. The molecule has 2 N–H and O–H groups in total. The minimum atomic E-state index is -0.809. The zero-order valence-corrected chi connectivity index (χ0v) is 18.5. The maximum absolute atomic E-state index is 13.0. The fraction of sp³-hybridized carbons (Fsp3) is 0.160. The Morgan fingerprint density at radius 1 is 1.06 bits per heavy atom. The van der Waals surface area contributed by atoms with Gasteiger partial charge in [-0.15, -0.1) is 10.1 Å². The van der Waals surface area contributed by atoms with Gasteiger partial charge in [0.15, 0.2) is 6.04 Å². The molecular formula is C25H23ClN3O3+. The first-order valence-electron chi connectivity index (χ1n) is 10.2. The summed E-state index contributed by atoms with van der Waals surface area (Å²) in [7, 11) is 1.59. The van der Waals surface area contributed by atoms with Crippen LogP contribution in [0.25, 0.3) is 0 Å². The lowest BCUT2D eigenvalue weighted by atomic mass is 9.99. The van der Waals surface area contributed by atoms with Crippen LogP contribution in [0.5, 0.6) is 5.75 Å². The molecule has 32 heavy (non-hydrogen) atoms. The van der Waals surface area contributed by atoms with Crippen LogP contribution in [-0.2, 0) is 4.79 Å². The maximum atomic E-state index is 13.0. The van der Waals surface area contributed by atoms with Gasteiger partial charge in [-0.3, -0.25) is 9.59 Å². The molecule has 4 rings (SSSR count). The molecule has 1 saturated heterocycles. The average molecular weight is 449 g/mol. The summed E-state index contributed by atoms with van der Waals surface area (Å²) in [4.78, 5) is 25.8. The highest BCUT2D eigenvalue weighted by Gasteiger charge is 2.47. The maximum Gasteiger partial charge on any atom is 0.304 e. The van der Waals surface area contributed by atoms with Crippen molar-refractivity contribution in [3.63, 3.8) is 0 Å². The number of nitrogens with one attached hydrogen (secondary N) is 2. The molecule has 1 fully saturated rings. The molecule has 1 aliphatic rings. The molecule has 2 atom stereocenters. The van der Waals surface area contributed by atoms with Crippen molar-refractivity contribution in [2.45, 2.75) is 19.0 Å². The first-order valence-corrected chi connectivity index (χ1v) is 10.5. The van der Waals surface area contributed by atoms with Gasteiger partial charge < -0.3 is 10.1 Å². The molecule has 0 aromatic heterocycles. The second-order valence-corrected chi connectivity index (χ2v) is 8.00. The van der Waals surface area contributed by atoms with E-state index in [0.717, 1.165) is 16.7 Å². The lowest BCUT2D eigenvalue weighted by Crippen LogP contribution is -2.42. The third-order valence-corrected chi connectivity index (χ3v) is 5.62. The SMILES string of the molecule is COc1ccccc1/C=[N+]1\NC(=O)[C@H](NC(=O)c2ccc(C)cc2)[C@H]1c1ccc(Cl)cc1. The zero-order valence-electron chi connectivity index (χ0n) is 17.7. The number of benzene rings is 3. The number of hydrogen-bond acceptors (Lipinski definition) is 3. The summed E-state index contributed by atoms with van der Waals surface area (Å²) in [6.45, 7) is 1.95. The van der Waals surface area contributed by atoms with E-state index in [0.29, 0.717) is 16.3 Å². The number of rotatable bonds is 5. The smallest absolute Gasteiger partial charge is 0.304 e. The molecule has 7 heteroatoms. The van der Waals surface area contributed by atoms with E-state index < -0.39 is 12.1 Å². The number of hydrazone groups is 1. The normalized spacial score (nSPS) is 19.0. The van der Waals surface area contributed by atoms with Crippen LogP contribution >= 0.6 is 11.6 Å². The molecule has 6 nitrogen and oxygen atoms in total. The number of nitrogens with zero attached hydrogens (tertiary/aromatic N) is 1. The highest BCUT2D eigenvalue weighted by atomic mass is 35.5. The first kappa shape index (κ1) is 21.6. The Labute approximate surface area is 191 Å². The molecular weight excluding hydrogens is 426 g/mol. The van der Waals surface area contributed by atoms with E-state index in [2.05, 4.69) is 10.7 Å². The lowest BCUT2D eigenvalue weighted by Gasteiger charge is -2.15. The van der Waals surface area contributed by atoms with Crippen LogP contribution in [0.15, 0.2) is 72.8 Å². The monoisotopic (exact) mass is 448 g/mol. The summed E-state index contributed by atoms with van der Waals surface area (Å²) in [5, 5.41) is 3.48. The Balaban J connectivity index is 1.72. The van der Waals surface area contributed by atoms with E-state index in [-0.39, 0.29) is 11.8 Å². The molecule has 2 amide bonds. The number of ether oxygens (including phenoxy) is 1. The Morgan fingerprint density at radius 2 is 1.75 bits per heavy atom. The minimum absolute atomic E-state index is 0.309. The van der Waals surface area contributed by atoms with Crippen molar-refractivity contribution in [3.05, 3.63) is 100 Å². The second kappa shape index (κ2) is 9.24. The number of para-hydroxylation sites is 1. The molecule has 0 unspecified atom stereocenters. The highest BCUT2D eigenvalue weighted by Crippen LogP contribution is 2.27. The van der Waals surface area contributed by atoms with Crippen molar-refractivity contribution in [3.8, 4) is 5.75 Å². The molecule has 0 bridgehead atoms. The van der Waals surface area contributed by atoms with Crippen LogP contribution < -0.4 is 15.5 Å². The van der Waals surface area contributed by atoms with Gasteiger partial charge in [0.2, 0.25) is 12.3 Å². The summed E-state index contributed by atoms with van der Waals surface area (Å²) < 4.78 is 7.14. The molecule has 1 heterocycles. The van der Waals surface area contributed by atoms with Crippen LogP contribution in [-0.4, -0.2) is 35.9 Å². The average Bonchev–Trinajstić information content (AvgIpc) is 3.09. The Kier molecular flexibility index (Phi) is 6.23. The van der Waals surface area contributed by atoms with E-state index in [1.807, 2.05) is 55.5 Å². The molecule has 3 aromatic carbocycles. The van der Waals surface area contributed by atoms with E-state index in [4.69, 9.17) is 16.3 Å². The predicted molar refractivity (Wildman–Crippen MR) is 123 cm³/mol. The van der Waals surface area contributed by atoms with Gasteiger partial charge in [0, 0.05) is 16.1 Å². The van der Waals surface area contributed by atoms with E-state index in [9.17, 15) is 9.59 Å². The van der Waals surface area contributed by atoms with E-state index in [1.165, 1.54) is 0 Å². The van der Waals surface area contributed by atoms with Gasteiger partial charge in [-0.25, -0.2) is 0 Å². The Hall–Kier alpha value is -3.64. The Morgan fingerprint density at radius 3 is 2.44 bits per heavy atom. The predicted octanol–water partition coefficient (Wildman–Crippen LogP) is 3.67. The van der Waals surface area contributed by atoms with Crippen LogP contribution in [0.1, 0.15) is 33.1 Å². The van der Waals surface area contributed by atoms with Crippen molar-refractivity contribution < 1.29 is 19.0 Å². The third-order valence-electron chi connectivity index (χ3n) is 5.37. The molecule has 0 spiro atoms. The first-order chi connectivity index (χ1) is 15.5. The van der Waals surface area contributed by atoms with Crippen LogP contribution in [0.3, 0.4) is 0 Å². The summed E-state index contributed by atoms with van der Waals surface area (Å²) in [5.41, 5.74) is 6.03. The van der Waals surface area contributed by atoms with Gasteiger partial charge in [-0.1, -0.05) is 53.6 Å². The number of carbonyl (C=O) groups is 2. The van der Waals surface area contributed by atoms with Crippen molar-refractivity contribution >= 4 is 29.6 Å².